The summed E-state index contributed by atoms with van der Waals surface area (Å²) in [4.78, 5) is 48.6. The number of carboxylic acid groups (broad SMARTS) is 1. The molecule has 1 aliphatic heterocycles. The molecule has 13 nitrogen and oxygen atoms in total. The van der Waals surface area contributed by atoms with Crippen LogP contribution < -0.4 is 21.4 Å². The topological polar surface area (TPSA) is 187 Å². The standard InChI is InChI=1S/C29H30F3N7O4.CH2O2/c1-16-22(24(40)43-6)23(21-11-10-17(15-33)12-18(21)14-28(2,3)39(4,5)25(34)41)38-26(35-36-27(38)42)37(16)20-9-7-8-19(13-20)29(30,31)32;2-1-3/h7-13,23H,14H2,1-6H3,(H2-,34,36,41,42);1H,(H,2,3)/t23-;/m1./s1. The maximum Gasteiger partial charge on any atom is 0.416 e. The van der Waals surface area contributed by atoms with Gasteiger partial charge in [0.05, 0.1) is 44.0 Å². The number of nitrogens with zero attached hydrogens (tertiary/aromatic N) is 5. The molecule has 1 aromatic heterocycles. The van der Waals surface area contributed by atoms with Gasteiger partial charge in [-0.2, -0.15) is 18.4 Å². The molecule has 16 heteroatoms. The Morgan fingerprint density at radius 3 is 2.39 bits per heavy atom. The molecule has 0 radical (unpaired) electrons. The lowest BCUT2D eigenvalue weighted by molar-refractivity contribution is -0.860. The van der Waals surface area contributed by atoms with Crippen LogP contribution in [0.15, 0.2) is 58.5 Å². The molecule has 0 bridgehead atoms. The molecule has 2 amide bonds. The van der Waals surface area contributed by atoms with E-state index in [1.165, 1.54) is 30.0 Å². The van der Waals surface area contributed by atoms with Gasteiger partial charge in [0.1, 0.15) is 11.6 Å². The number of esters is 1. The Morgan fingerprint density at radius 2 is 1.85 bits per heavy atom. The summed E-state index contributed by atoms with van der Waals surface area (Å²) in [6.07, 6.45) is -4.47. The van der Waals surface area contributed by atoms with Crippen molar-refractivity contribution in [3.8, 4) is 6.07 Å². The number of aromatic nitrogens is 3. The number of ether oxygens (including phenoxy) is 1. The van der Waals surface area contributed by atoms with Crippen LogP contribution in [-0.4, -0.2) is 64.5 Å². The summed E-state index contributed by atoms with van der Waals surface area (Å²) < 4.78 is 46.9. The molecule has 2 aromatic carbocycles. The molecule has 244 valence electrons. The quantitative estimate of drug-likeness (QED) is 0.231. The summed E-state index contributed by atoms with van der Waals surface area (Å²) in [5.41, 5.74) is 4.58. The Morgan fingerprint density at radius 1 is 1.22 bits per heavy atom. The maximum absolute atomic E-state index is 13.6. The second kappa shape index (κ2) is 12.9. The molecule has 0 aliphatic carbocycles. The van der Waals surface area contributed by atoms with E-state index in [4.69, 9.17) is 20.4 Å². The van der Waals surface area contributed by atoms with E-state index in [-0.39, 0.29) is 33.8 Å². The SMILES string of the molecule is COC(=O)C1=C(C)N(c2cccc(C(F)(F)F)c2)c2n[nH]c(=O)n2[C@@H]1c1ccc(C#N)cc1CC(C)(C)[N+](C)(C)C(N)=O.O=C[O-]. The number of nitrogens with one attached hydrogen (secondary N) is 1. The fourth-order valence-corrected chi connectivity index (χ4v) is 5.14. The lowest BCUT2D eigenvalue weighted by atomic mass is 9.83. The number of primary amides is 1. The summed E-state index contributed by atoms with van der Waals surface area (Å²) >= 11 is 0. The molecule has 0 unspecified atom stereocenters. The molecule has 4 rings (SSSR count). The van der Waals surface area contributed by atoms with E-state index in [2.05, 4.69) is 16.3 Å². The predicted molar refractivity (Wildman–Crippen MR) is 156 cm³/mol. The number of nitriles is 1. The van der Waals surface area contributed by atoms with Gasteiger partial charge in [-0.05, 0) is 62.2 Å². The number of nitrogens with two attached hydrogens (primary N) is 1. The molecule has 3 aromatic rings. The first-order chi connectivity index (χ1) is 21.4. The monoisotopic (exact) mass is 643 g/mol. The Kier molecular flexibility index (Phi) is 9.82. The molecular weight excluding hydrogens is 611 g/mol. The second-order valence-electron chi connectivity index (χ2n) is 11.4. The van der Waals surface area contributed by atoms with Gasteiger partial charge in [-0.3, -0.25) is 4.90 Å². The van der Waals surface area contributed by atoms with Crippen LogP contribution in [0.4, 0.5) is 29.6 Å². The van der Waals surface area contributed by atoms with E-state index in [0.29, 0.717) is 16.7 Å². The Balaban J connectivity index is 0.00000185. The van der Waals surface area contributed by atoms with Crippen LogP contribution in [0, 0.1) is 11.3 Å². The summed E-state index contributed by atoms with van der Waals surface area (Å²) in [7, 11) is 4.44. The average molecular weight is 644 g/mol. The largest absolute Gasteiger partial charge is 0.554 e. The van der Waals surface area contributed by atoms with Crippen molar-refractivity contribution in [3.63, 3.8) is 0 Å². The van der Waals surface area contributed by atoms with Gasteiger partial charge in [0, 0.05) is 24.3 Å². The number of amides is 2. The first-order valence-corrected chi connectivity index (χ1v) is 13.5. The predicted octanol–water partition coefficient (Wildman–Crippen LogP) is 2.49. The number of H-pyrrole nitrogens is 1. The number of carbonyl (C=O) groups excluding carboxylic acids is 3. The van der Waals surface area contributed by atoms with Crippen molar-refractivity contribution in [1.29, 1.82) is 5.26 Å². The number of hydrogen-bond donors (Lipinski definition) is 2. The zero-order chi connectivity index (χ0) is 34.8. The van der Waals surface area contributed by atoms with Crippen molar-refractivity contribution >= 4 is 30.1 Å². The summed E-state index contributed by atoms with van der Waals surface area (Å²) in [6.45, 7) is 4.64. The number of alkyl halides is 3. The third-order valence-electron chi connectivity index (χ3n) is 8.23. The lowest BCUT2D eigenvalue weighted by Crippen LogP contribution is -2.62. The third kappa shape index (κ3) is 6.35. The number of halogens is 3. The van der Waals surface area contributed by atoms with Gasteiger partial charge in [-0.1, -0.05) is 12.1 Å². The number of quaternary nitrogens is 1. The van der Waals surface area contributed by atoms with E-state index in [1.807, 2.05) is 13.8 Å². The van der Waals surface area contributed by atoms with Crippen molar-refractivity contribution in [3.05, 3.63) is 86.5 Å². The molecule has 3 N–H and O–H groups in total. The number of rotatable bonds is 6. The number of fused-ring (bicyclic) bond motifs is 1. The van der Waals surface area contributed by atoms with Gasteiger partial charge in [-0.15, -0.1) is 5.10 Å². The Labute approximate surface area is 261 Å². The second-order valence-corrected chi connectivity index (χ2v) is 11.4. The number of benzene rings is 2. The van der Waals surface area contributed by atoms with E-state index in [0.717, 1.165) is 23.8 Å². The van der Waals surface area contributed by atoms with Crippen LogP contribution in [-0.2, 0) is 26.9 Å². The number of aromatic amines is 1. The first-order valence-electron chi connectivity index (χ1n) is 13.5. The molecular formula is C30H32F3N7O6. The Bertz CT molecular complexity index is 1800. The van der Waals surface area contributed by atoms with Crippen molar-refractivity contribution < 1.29 is 41.9 Å². The van der Waals surface area contributed by atoms with Crippen LogP contribution >= 0.6 is 0 Å². The minimum absolute atomic E-state index is 0.00845. The van der Waals surface area contributed by atoms with E-state index >= 15 is 0 Å². The molecule has 46 heavy (non-hydrogen) atoms. The molecule has 1 aliphatic rings. The van der Waals surface area contributed by atoms with Crippen molar-refractivity contribution in [2.24, 2.45) is 5.73 Å². The zero-order valence-corrected chi connectivity index (χ0v) is 25.8. The average Bonchev–Trinajstić information content (AvgIpc) is 3.36. The first kappa shape index (κ1) is 35.1. The molecule has 1 atom stereocenters. The van der Waals surface area contributed by atoms with Gasteiger partial charge in [0.2, 0.25) is 5.95 Å². The van der Waals surface area contributed by atoms with E-state index in [1.54, 1.807) is 26.2 Å². The lowest BCUT2D eigenvalue weighted by Gasteiger charge is -2.41. The van der Waals surface area contributed by atoms with Crippen LogP contribution in [0.1, 0.15) is 49.1 Å². The Hall–Kier alpha value is -5.43. The highest BCUT2D eigenvalue weighted by atomic mass is 19.4. The van der Waals surface area contributed by atoms with Gasteiger partial charge >= 0.3 is 23.9 Å². The fraction of sp³-hybridized carbons (Fsp3) is 0.333. The minimum atomic E-state index is -4.65. The highest BCUT2D eigenvalue weighted by Gasteiger charge is 2.45. The van der Waals surface area contributed by atoms with Gasteiger partial charge in [0.15, 0.2) is 0 Å². The molecule has 0 spiro atoms. The molecule has 0 saturated heterocycles. The number of hydrogen-bond acceptors (Lipinski definition) is 9. The smallest absolute Gasteiger partial charge is 0.416 e. The van der Waals surface area contributed by atoms with Crippen molar-refractivity contribution in [1.82, 2.24) is 14.8 Å². The van der Waals surface area contributed by atoms with Crippen LogP contribution in [0.2, 0.25) is 0 Å². The number of likely N-dealkylation sites (N-methyl/N-ethyl adjacent to an activating group) is 1. The summed E-state index contributed by atoms with van der Waals surface area (Å²) in [5, 5.41) is 24.4. The van der Waals surface area contributed by atoms with Gasteiger partial charge < -0.3 is 20.4 Å². The fourth-order valence-electron chi connectivity index (χ4n) is 5.14. The molecule has 0 saturated carbocycles. The van der Waals surface area contributed by atoms with Gasteiger partial charge in [-0.25, -0.2) is 28.5 Å². The van der Waals surface area contributed by atoms with E-state index < -0.39 is 47.5 Å². The number of carbonyl (C=O) groups is 3. The van der Waals surface area contributed by atoms with Crippen molar-refractivity contribution in [2.75, 3.05) is 26.1 Å². The number of methoxy groups -OCH3 is 1. The maximum atomic E-state index is 13.6. The molecule has 0 fully saturated rings. The minimum Gasteiger partial charge on any atom is -0.554 e. The number of anilines is 2. The van der Waals surface area contributed by atoms with Crippen LogP contribution in [0.3, 0.4) is 0 Å². The van der Waals surface area contributed by atoms with Crippen molar-refractivity contribution in [2.45, 2.75) is 44.9 Å². The summed E-state index contributed by atoms with van der Waals surface area (Å²) in [6, 6.07) is 9.46. The number of allylic oxidation sites excluding steroid dienone is 1. The third-order valence-corrected chi connectivity index (χ3v) is 8.23. The normalized spacial score (nSPS) is 14.9. The van der Waals surface area contributed by atoms with Crippen LogP contribution in [0.5, 0.6) is 0 Å². The van der Waals surface area contributed by atoms with Crippen LogP contribution in [0.25, 0.3) is 0 Å². The summed E-state index contributed by atoms with van der Waals surface area (Å²) in [5.74, 6) is -0.900. The highest BCUT2D eigenvalue weighted by molar-refractivity contribution is 5.93. The zero-order valence-electron chi connectivity index (χ0n) is 25.8. The molecule has 2 heterocycles. The van der Waals surface area contributed by atoms with E-state index in [9.17, 15) is 32.8 Å². The number of urea groups is 1. The highest BCUT2D eigenvalue weighted by Crippen LogP contribution is 2.44. The van der Waals surface area contributed by atoms with Gasteiger partial charge in [0.25, 0.3) is 0 Å².